The van der Waals surface area contributed by atoms with Gasteiger partial charge in [0.2, 0.25) is 0 Å². The number of hydrogen-bond donors (Lipinski definition) is 0. The minimum absolute atomic E-state index is 0.284. The molecule has 5 heteroatoms. The van der Waals surface area contributed by atoms with Crippen molar-refractivity contribution in [3.8, 4) is 0 Å². The average molecular weight is 291 g/mol. The molecule has 1 aliphatic rings. The minimum Gasteiger partial charge on any atom is -0.464 e. The quantitative estimate of drug-likeness (QED) is 0.778. The largest absolute Gasteiger partial charge is 0.464 e. The van der Waals surface area contributed by atoms with Crippen LogP contribution >= 0.6 is 0 Å². The van der Waals surface area contributed by atoms with E-state index in [1.54, 1.807) is 13.8 Å². The van der Waals surface area contributed by atoms with E-state index < -0.39 is 12.1 Å². The Morgan fingerprint density at radius 1 is 1.00 bits per heavy atom. The number of anilines is 1. The smallest absolute Gasteiger partial charge is 0.328 e. The van der Waals surface area contributed by atoms with Crippen molar-refractivity contribution >= 4 is 17.6 Å². The molecule has 1 fully saturated rings. The van der Waals surface area contributed by atoms with Gasteiger partial charge in [0, 0.05) is 5.69 Å². The Bertz CT molecular complexity index is 462. The van der Waals surface area contributed by atoms with Crippen LogP contribution in [0.2, 0.25) is 0 Å². The first-order valence-corrected chi connectivity index (χ1v) is 7.35. The summed E-state index contributed by atoms with van der Waals surface area (Å²) in [5, 5.41) is 0. The highest BCUT2D eigenvalue weighted by Gasteiger charge is 2.43. The Morgan fingerprint density at radius 2 is 1.48 bits per heavy atom. The molecule has 2 unspecified atom stereocenters. The van der Waals surface area contributed by atoms with E-state index in [2.05, 4.69) is 0 Å². The number of carbonyl (C=O) groups excluding carboxylic acids is 2. The van der Waals surface area contributed by atoms with E-state index in [4.69, 9.17) is 9.47 Å². The summed E-state index contributed by atoms with van der Waals surface area (Å²) in [7, 11) is 0. The first-order chi connectivity index (χ1) is 10.2. The van der Waals surface area contributed by atoms with Gasteiger partial charge in [0.1, 0.15) is 12.1 Å². The monoisotopic (exact) mass is 291 g/mol. The summed E-state index contributed by atoms with van der Waals surface area (Å²) < 4.78 is 10.3. The van der Waals surface area contributed by atoms with Crippen molar-refractivity contribution in [3.63, 3.8) is 0 Å². The lowest BCUT2D eigenvalue weighted by molar-refractivity contribution is -0.145. The molecule has 1 heterocycles. The van der Waals surface area contributed by atoms with Crippen molar-refractivity contribution in [1.82, 2.24) is 0 Å². The molecular weight excluding hydrogens is 270 g/mol. The van der Waals surface area contributed by atoms with Gasteiger partial charge < -0.3 is 14.4 Å². The van der Waals surface area contributed by atoms with Crippen molar-refractivity contribution in [3.05, 3.63) is 30.3 Å². The summed E-state index contributed by atoms with van der Waals surface area (Å²) in [5.74, 6) is -0.568. The third-order valence-corrected chi connectivity index (χ3v) is 3.56. The van der Waals surface area contributed by atoms with Crippen LogP contribution in [0.3, 0.4) is 0 Å². The Hall–Kier alpha value is -2.04. The van der Waals surface area contributed by atoms with E-state index in [9.17, 15) is 9.59 Å². The van der Waals surface area contributed by atoms with Gasteiger partial charge in [0.05, 0.1) is 13.2 Å². The summed E-state index contributed by atoms with van der Waals surface area (Å²) in [4.78, 5) is 26.1. The SMILES string of the molecule is CCOC(=O)C1CCC(C(=O)OCC)N1c1ccccc1. The molecule has 0 amide bonds. The predicted molar refractivity (Wildman–Crippen MR) is 79.0 cm³/mol. The second-order valence-electron chi connectivity index (χ2n) is 4.86. The molecule has 0 bridgehead atoms. The van der Waals surface area contributed by atoms with Gasteiger partial charge in [-0.25, -0.2) is 9.59 Å². The number of carbonyl (C=O) groups is 2. The number of nitrogens with zero attached hydrogens (tertiary/aromatic N) is 1. The molecule has 0 spiro atoms. The maximum Gasteiger partial charge on any atom is 0.328 e. The van der Waals surface area contributed by atoms with Crippen LogP contribution in [0.5, 0.6) is 0 Å². The average Bonchev–Trinajstić information content (AvgIpc) is 2.93. The second-order valence-corrected chi connectivity index (χ2v) is 4.86. The normalized spacial score (nSPS) is 21.1. The number of benzene rings is 1. The minimum atomic E-state index is -0.429. The molecule has 0 radical (unpaired) electrons. The molecule has 2 rings (SSSR count). The van der Waals surface area contributed by atoms with Crippen LogP contribution in [0.1, 0.15) is 26.7 Å². The van der Waals surface area contributed by atoms with E-state index in [0.717, 1.165) is 5.69 Å². The maximum atomic E-state index is 12.1. The van der Waals surface area contributed by atoms with E-state index in [1.165, 1.54) is 0 Å². The van der Waals surface area contributed by atoms with Gasteiger partial charge in [-0.1, -0.05) is 18.2 Å². The summed E-state index contributed by atoms with van der Waals surface area (Å²) >= 11 is 0. The van der Waals surface area contributed by atoms with Crippen molar-refractivity contribution in [2.45, 2.75) is 38.8 Å². The molecule has 0 N–H and O–H groups in total. The molecule has 21 heavy (non-hydrogen) atoms. The standard InChI is InChI=1S/C16H21NO4/c1-3-20-15(18)13-10-11-14(16(19)21-4-2)17(13)12-8-6-5-7-9-12/h5-9,13-14H,3-4,10-11H2,1-2H3. The first kappa shape index (κ1) is 15.4. The molecular formula is C16H21NO4. The highest BCUT2D eigenvalue weighted by atomic mass is 16.5. The number of hydrogen-bond acceptors (Lipinski definition) is 5. The molecule has 1 aliphatic heterocycles. The van der Waals surface area contributed by atoms with Crippen LogP contribution in [0.25, 0.3) is 0 Å². The zero-order chi connectivity index (χ0) is 15.2. The predicted octanol–water partition coefficient (Wildman–Crippen LogP) is 2.15. The number of ether oxygens (including phenoxy) is 2. The van der Waals surface area contributed by atoms with Crippen molar-refractivity contribution < 1.29 is 19.1 Å². The zero-order valence-corrected chi connectivity index (χ0v) is 12.5. The summed E-state index contributed by atoms with van der Waals surface area (Å²) in [5.41, 5.74) is 0.839. The van der Waals surface area contributed by atoms with E-state index >= 15 is 0 Å². The lowest BCUT2D eigenvalue weighted by Gasteiger charge is -2.29. The fraction of sp³-hybridized carbons (Fsp3) is 0.500. The maximum absolute atomic E-state index is 12.1. The Morgan fingerprint density at radius 3 is 1.90 bits per heavy atom. The molecule has 2 atom stereocenters. The van der Waals surface area contributed by atoms with Crippen molar-refractivity contribution in [2.24, 2.45) is 0 Å². The van der Waals surface area contributed by atoms with Crippen molar-refractivity contribution in [1.29, 1.82) is 0 Å². The van der Waals surface area contributed by atoms with E-state index in [-0.39, 0.29) is 11.9 Å². The van der Waals surface area contributed by atoms with Crippen LogP contribution < -0.4 is 4.90 Å². The third kappa shape index (κ3) is 3.35. The van der Waals surface area contributed by atoms with Crippen LogP contribution in [-0.2, 0) is 19.1 Å². The van der Waals surface area contributed by atoms with E-state index in [0.29, 0.717) is 26.1 Å². The molecule has 5 nitrogen and oxygen atoms in total. The molecule has 0 saturated carbocycles. The van der Waals surface area contributed by atoms with Gasteiger partial charge >= 0.3 is 11.9 Å². The Labute approximate surface area is 124 Å². The van der Waals surface area contributed by atoms with Gasteiger partial charge in [0.25, 0.3) is 0 Å². The van der Waals surface area contributed by atoms with Crippen LogP contribution in [0.4, 0.5) is 5.69 Å². The van der Waals surface area contributed by atoms with Crippen LogP contribution in [0.15, 0.2) is 30.3 Å². The highest BCUT2D eigenvalue weighted by Crippen LogP contribution is 2.31. The lowest BCUT2D eigenvalue weighted by atomic mass is 10.2. The number of esters is 2. The van der Waals surface area contributed by atoms with Gasteiger partial charge in [-0.15, -0.1) is 0 Å². The third-order valence-electron chi connectivity index (χ3n) is 3.56. The fourth-order valence-electron chi connectivity index (χ4n) is 2.71. The lowest BCUT2D eigenvalue weighted by Crippen LogP contribution is -2.45. The molecule has 1 aromatic carbocycles. The summed E-state index contributed by atoms with van der Waals surface area (Å²) in [6.45, 7) is 4.23. The second kappa shape index (κ2) is 7.11. The molecule has 114 valence electrons. The topological polar surface area (TPSA) is 55.8 Å². The van der Waals surface area contributed by atoms with Gasteiger partial charge in [-0.3, -0.25) is 0 Å². The highest BCUT2D eigenvalue weighted by molar-refractivity contribution is 5.88. The summed E-state index contributed by atoms with van der Waals surface area (Å²) in [6, 6.07) is 8.60. The van der Waals surface area contributed by atoms with Gasteiger partial charge in [-0.05, 0) is 38.8 Å². The Kier molecular flexibility index (Phi) is 5.20. The molecule has 0 aromatic heterocycles. The zero-order valence-electron chi connectivity index (χ0n) is 12.5. The Balaban J connectivity index is 2.27. The van der Waals surface area contributed by atoms with Crippen LogP contribution in [0, 0.1) is 0 Å². The van der Waals surface area contributed by atoms with Crippen molar-refractivity contribution in [2.75, 3.05) is 18.1 Å². The molecule has 1 aromatic rings. The summed E-state index contributed by atoms with van der Waals surface area (Å²) in [6.07, 6.45) is 1.19. The molecule has 1 saturated heterocycles. The fourth-order valence-corrected chi connectivity index (χ4v) is 2.71. The molecule has 0 aliphatic carbocycles. The number of para-hydroxylation sites is 1. The van der Waals surface area contributed by atoms with Gasteiger partial charge in [-0.2, -0.15) is 0 Å². The van der Waals surface area contributed by atoms with E-state index in [1.807, 2.05) is 35.2 Å². The van der Waals surface area contributed by atoms with Crippen LogP contribution in [-0.4, -0.2) is 37.2 Å². The van der Waals surface area contributed by atoms with Gasteiger partial charge in [0.15, 0.2) is 0 Å². The first-order valence-electron chi connectivity index (χ1n) is 7.35. The number of rotatable bonds is 5.